The van der Waals surface area contributed by atoms with Gasteiger partial charge in [0.1, 0.15) is 48.6 Å². The molecule has 0 bridgehead atoms. The Morgan fingerprint density at radius 2 is 1.03 bits per heavy atom. The third-order valence-corrected chi connectivity index (χ3v) is 6.19. The number of rotatable bonds is 10. The van der Waals surface area contributed by atoms with Gasteiger partial charge >= 0.3 is 0 Å². The first-order valence-electron chi connectivity index (χ1n) is 12.0. The van der Waals surface area contributed by atoms with Gasteiger partial charge < -0.3 is 28.8 Å². The van der Waals surface area contributed by atoms with Crippen molar-refractivity contribution in [3.8, 4) is 11.5 Å². The van der Waals surface area contributed by atoms with E-state index in [-0.39, 0.29) is 13.2 Å². The van der Waals surface area contributed by atoms with Crippen LogP contribution in [0.3, 0.4) is 0 Å². The van der Waals surface area contributed by atoms with Crippen LogP contribution >= 0.6 is 0 Å². The number of benzene rings is 3. The smallest absolute Gasteiger partial charge is 0.119 e. The van der Waals surface area contributed by atoms with Crippen LogP contribution in [-0.4, -0.2) is 54.7 Å². The number of aryl methyl sites for hydroxylation is 2. The molecule has 0 saturated carbocycles. The predicted molar refractivity (Wildman–Crippen MR) is 138 cm³/mol. The summed E-state index contributed by atoms with van der Waals surface area (Å²) in [5.41, 5.74) is 3.82. The van der Waals surface area contributed by atoms with Crippen LogP contribution in [0.15, 0.2) is 72.8 Å². The van der Waals surface area contributed by atoms with Crippen molar-refractivity contribution < 1.29 is 19.7 Å². The van der Waals surface area contributed by atoms with Gasteiger partial charge in [0.2, 0.25) is 0 Å². The Morgan fingerprint density at radius 3 is 1.44 bits per heavy atom. The fourth-order valence-electron chi connectivity index (χ4n) is 4.40. The minimum absolute atomic E-state index is 0.156. The van der Waals surface area contributed by atoms with E-state index in [4.69, 9.17) is 9.47 Å². The highest BCUT2D eigenvalue weighted by Crippen LogP contribution is 2.20. The number of hydrogen-bond acceptors (Lipinski definition) is 6. The lowest BCUT2D eigenvalue weighted by Crippen LogP contribution is -2.24. The molecule has 0 spiro atoms. The summed E-state index contributed by atoms with van der Waals surface area (Å²) in [7, 11) is 0. The van der Waals surface area contributed by atoms with Crippen LogP contribution in [0, 0.1) is 13.8 Å². The molecule has 0 radical (unpaired) electrons. The lowest BCUT2D eigenvalue weighted by atomic mass is 10.3. The summed E-state index contributed by atoms with van der Waals surface area (Å²) >= 11 is 0. The molecule has 5 rings (SSSR count). The molecule has 2 N–H and O–H groups in total. The van der Waals surface area contributed by atoms with Crippen LogP contribution in [0.25, 0.3) is 22.1 Å². The number of aliphatic hydroxyl groups is 2. The van der Waals surface area contributed by atoms with E-state index >= 15 is 0 Å². The second kappa shape index (κ2) is 10.4. The first-order valence-corrected chi connectivity index (χ1v) is 12.0. The van der Waals surface area contributed by atoms with Crippen molar-refractivity contribution >= 4 is 22.1 Å². The van der Waals surface area contributed by atoms with Crippen LogP contribution in [0.5, 0.6) is 11.5 Å². The van der Waals surface area contributed by atoms with Crippen molar-refractivity contribution in [2.24, 2.45) is 0 Å². The van der Waals surface area contributed by atoms with Crippen molar-refractivity contribution in [1.82, 2.24) is 19.1 Å². The van der Waals surface area contributed by atoms with Gasteiger partial charge in [-0.2, -0.15) is 0 Å². The van der Waals surface area contributed by atoms with E-state index < -0.39 is 12.2 Å². The first-order chi connectivity index (χ1) is 17.5. The Hall–Kier alpha value is -3.88. The summed E-state index contributed by atoms with van der Waals surface area (Å²) in [6.45, 7) is 4.98. The maximum absolute atomic E-state index is 10.5. The Balaban J connectivity index is 1.11. The summed E-state index contributed by atoms with van der Waals surface area (Å²) in [6.07, 6.45) is -1.37. The van der Waals surface area contributed by atoms with Crippen molar-refractivity contribution in [3.63, 3.8) is 0 Å². The molecule has 0 saturated heterocycles. The number of fused-ring (bicyclic) bond motifs is 2. The highest BCUT2D eigenvalue weighted by atomic mass is 16.5. The maximum Gasteiger partial charge on any atom is 0.119 e. The van der Waals surface area contributed by atoms with E-state index in [0.717, 1.165) is 33.7 Å². The molecule has 8 heteroatoms. The largest absolute Gasteiger partial charge is 0.491 e. The molecule has 0 fully saturated rings. The van der Waals surface area contributed by atoms with E-state index in [1.54, 1.807) is 24.3 Å². The second-order valence-electron chi connectivity index (χ2n) is 8.92. The maximum atomic E-state index is 10.5. The fraction of sp³-hybridized carbons (Fsp3) is 0.286. The first kappa shape index (κ1) is 23.8. The molecular weight excluding hydrogens is 456 g/mol. The molecule has 2 atom stereocenters. The molecular formula is C28H30N4O4. The highest BCUT2D eigenvalue weighted by molar-refractivity contribution is 5.76. The van der Waals surface area contributed by atoms with Gasteiger partial charge in [-0.3, -0.25) is 0 Å². The van der Waals surface area contributed by atoms with E-state index in [9.17, 15) is 10.2 Å². The topological polar surface area (TPSA) is 94.6 Å². The molecule has 186 valence electrons. The van der Waals surface area contributed by atoms with Gasteiger partial charge in [-0.15, -0.1) is 0 Å². The lowest BCUT2D eigenvalue weighted by molar-refractivity contribution is 0.0911. The molecule has 0 aliphatic rings. The monoisotopic (exact) mass is 486 g/mol. The Bertz CT molecular complexity index is 1350. The van der Waals surface area contributed by atoms with Crippen molar-refractivity contribution in [3.05, 3.63) is 84.4 Å². The number of para-hydroxylation sites is 4. The number of imidazole rings is 2. The summed E-state index contributed by atoms with van der Waals surface area (Å²) in [5, 5.41) is 21.0. The van der Waals surface area contributed by atoms with Crippen molar-refractivity contribution in [2.75, 3.05) is 13.2 Å². The minimum Gasteiger partial charge on any atom is -0.491 e. The minimum atomic E-state index is -0.685. The summed E-state index contributed by atoms with van der Waals surface area (Å²) in [6, 6.07) is 22.9. The van der Waals surface area contributed by atoms with Crippen LogP contribution in [0.2, 0.25) is 0 Å². The molecule has 3 aromatic carbocycles. The number of hydrogen-bond donors (Lipinski definition) is 2. The molecule has 8 nitrogen and oxygen atoms in total. The van der Waals surface area contributed by atoms with E-state index in [2.05, 4.69) is 9.97 Å². The summed E-state index contributed by atoms with van der Waals surface area (Å²) < 4.78 is 15.5. The Labute approximate surface area is 209 Å². The van der Waals surface area contributed by atoms with Gasteiger partial charge in [-0.05, 0) is 62.4 Å². The van der Waals surface area contributed by atoms with Crippen LogP contribution in [0.1, 0.15) is 11.6 Å². The molecule has 2 heterocycles. The molecule has 2 aromatic heterocycles. The third-order valence-electron chi connectivity index (χ3n) is 6.19. The summed E-state index contributed by atoms with van der Waals surface area (Å²) in [5.74, 6) is 2.98. The van der Waals surface area contributed by atoms with Crippen LogP contribution in [0.4, 0.5) is 0 Å². The van der Waals surface area contributed by atoms with Gasteiger partial charge in [-0.25, -0.2) is 9.97 Å². The molecule has 5 aromatic rings. The number of aromatic nitrogens is 4. The second-order valence-corrected chi connectivity index (χ2v) is 8.92. The average molecular weight is 487 g/mol. The van der Waals surface area contributed by atoms with Crippen molar-refractivity contribution in [1.29, 1.82) is 0 Å². The van der Waals surface area contributed by atoms with E-state index in [1.807, 2.05) is 71.5 Å². The number of ether oxygens (including phenoxy) is 2. The molecule has 36 heavy (non-hydrogen) atoms. The predicted octanol–water partition coefficient (Wildman–Crippen LogP) is 3.88. The molecule has 0 aliphatic heterocycles. The summed E-state index contributed by atoms with van der Waals surface area (Å²) in [4.78, 5) is 9.07. The molecule has 0 aliphatic carbocycles. The van der Waals surface area contributed by atoms with E-state index in [0.29, 0.717) is 24.6 Å². The lowest BCUT2D eigenvalue weighted by Gasteiger charge is -2.16. The third kappa shape index (κ3) is 5.19. The zero-order valence-electron chi connectivity index (χ0n) is 20.4. The Kier molecular flexibility index (Phi) is 6.88. The van der Waals surface area contributed by atoms with Crippen molar-refractivity contribution in [2.45, 2.75) is 39.1 Å². The average Bonchev–Trinajstić information content (AvgIpc) is 3.37. The van der Waals surface area contributed by atoms with Gasteiger partial charge in [0.25, 0.3) is 0 Å². The van der Waals surface area contributed by atoms with Gasteiger partial charge in [-0.1, -0.05) is 24.3 Å². The number of nitrogens with zero attached hydrogens (tertiary/aromatic N) is 4. The van der Waals surface area contributed by atoms with Gasteiger partial charge in [0, 0.05) is 0 Å². The zero-order chi connectivity index (χ0) is 25.1. The Morgan fingerprint density at radius 1 is 0.639 bits per heavy atom. The van der Waals surface area contributed by atoms with E-state index in [1.165, 1.54) is 0 Å². The fourth-order valence-corrected chi connectivity index (χ4v) is 4.40. The molecule has 0 amide bonds. The number of aliphatic hydroxyl groups excluding tert-OH is 2. The van der Waals surface area contributed by atoms with Crippen LogP contribution in [-0.2, 0) is 13.1 Å². The normalized spacial score (nSPS) is 13.2. The van der Waals surface area contributed by atoms with Crippen LogP contribution < -0.4 is 9.47 Å². The zero-order valence-corrected chi connectivity index (χ0v) is 20.4. The quantitative estimate of drug-likeness (QED) is 0.311. The highest BCUT2D eigenvalue weighted by Gasteiger charge is 2.14. The standard InChI is InChI=1S/C28H30N4O4/c1-19-29-25-7-3-5-9-27(25)31(19)15-21(33)17-35-23-11-13-24(14-12-23)36-18-22(34)16-32-20(2)30-26-8-4-6-10-28(26)32/h3-14,21-22,33-34H,15-18H2,1-2H3/t21-,22-/m1/s1. The SMILES string of the molecule is Cc1nc2ccccc2n1C[C@@H](O)COc1ccc(OC[C@H](O)Cn2c(C)nc3ccccc32)cc1. The molecule has 0 unspecified atom stereocenters. The van der Waals surface area contributed by atoms with Gasteiger partial charge in [0.05, 0.1) is 35.2 Å². The van der Waals surface area contributed by atoms with Gasteiger partial charge in [0.15, 0.2) is 0 Å².